The predicted molar refractivity (Wildman–Crippen MR) is 88.5 cm³/mol. The molecule has 2 aromatic rings. The Labute approximate surface area is 134 Å². The minimum atomic E-state index is 0.210. The van der Waals surface area contributed by atoms with Gasteiger partial charge in [-0.2, -0.15) is 0 Å². The summed E-state index contributed by atoms with van der Waals surface area (Å²) < 4.78 is 1.07. The van der Waals surface area contributed by atoms with E-state index >= 15 is 0 Å². The van der Waals surface area contributed by atoms with Crippen molar-refractivity contribution >= 4 is 50.1 Å². The molecule has 1 aromatic heterocycles. The number of hydrogen-bond acceptors (Lipinski definition) is 1. The van der Waals surface area contributed by atoms with E-state index in [1.807, 2.05) is 36.5 Å². The van der Waals surface area contributed by atoms with Gasteiger partial charge in [0.2, 0.25) is 0 Å². The SMILES string of the molecule is CC(c1ccccn1)C(Br)c1ccc(I)c(Cl)c1. The molecule has 0 bridgehead atoms. The number of hydrogen-bond donors (Lipinski definition) is 0. The van der Waals surface area contributed by atoms with Crippen LogP contribution >= 0.6 is 50.1 Å². The van der Waals surface area contributed by atoms with E-state index in [-0.39, 0.29) is 4.83 Å². The Morgan fingerprint density at radius 2 is 2.06 bits per heavy atom. The molecule has 0 aliphatic heterocycles. The Bertz CT molecular complexity index is 533. The van der Waals surface area contributed by atoms with Gasteiger partial charge in [-0.05, 0) is 52.4 Å². The first-order valence-corrected chi connectivity index (χ1v) is 7.97. The average molecular weight is 437 g/mol. The molecule has 0 radical (unpaired) electrons. The van der Waals surface area contributed by atoms with Gasteiger partial charge < -0.3 is 0 Å². The molecule has 1 heterocycles. The summed E-state index contributed by atoms with van der Waals surface area (Å²) in [6.45, 7) is 2.16. The van der Waals surface area contributed by atoms with Gasteiger partial charge in [-0.3, -0.25) is 4.98 Å². The van der Waals surface area contributed by atoms with Crippen molar-refractivity contribution in [2.75, 3.05) is 0 Å². The van der Waals surface area contributed by atoms with Crippen molar-refractivity contribution in [2.45, 2.75) is 17.7 Å². The highest BCUT2D eigenvalue weighted by Crippen LogP contribution is 2.38. The van der Waals surface area contributed by atoms with Crippen LogP contribution in [-0.2, 0) is 0 Å². The second kappa shape index (κ2) is 6.35. The lowest BCUT2D eigenvalue weighted by molar-refractivity contribution is 0.724. The maximum absolute atomic E-state index is 6.16. The molecule has 0 spiro atoms. The molecule has 1 nitrogen and oxygen atoms in total. The summed E-state index contributed by atoms with van der Waals surface area (Å²) in [5, 5.41) is 0.797. The number of alkyl halides is 1. The van der Waals surface area contributed by atoms with Crippen LogP contribution in [0.25, 0.3) is 0 Å². The molecule has 18 heavy (non-hydrogen) atoms. The lowest BCUT2D eigenvalue weighted by atomic mass is 9.97. The maximum Gasteiger partial charge on any atom is 0.0542 e. The fourth-order valence-corrected chi connectivity index (χ4v) is 2.85. The van der Waals surface area contributed by atoms with E-state index in [2.05, 4.69) is 56.5 Å². The van der Waals surface area contributed by atoms with Gasteiger partial charge in [-0.1, -0.05) is 46.6 Å². The summed E-state index contributed by atoms with van der Waals surface area (Å²) >= 11 is 12.1. The van der Waals surface area contributed by atoms with Gasteiger partial charge in [0.05, 0.1) is 5.02 Å². The summed E-state index contributed by atoms with van der Waals surface area (Å²) in [6.07, 6.45) is 1.83. The van der Waals surface area contributed by atoms with Gasteiger partial charge in [0, 0.05) is 26.2 Å². The Hall–Kier alpha value is -0.130. The second-order valence-corrected chi connectivity index (χ2v) is 6.67. The summed E-state index contributed by atoms with van der Waals surface area (Å²) in [5.74, 6) is 0.294. The zero-order valence-electron chi connectivity index (χ0n) is 9.78. The smallest absolute Gasteiger partial charge is 0.0542 e. The van der Waals surface area contributed by atoms with Crippen molar-refractivity contribution < 1.29 is 0 Å². The van der Waals surface area contributed by atoms with Crippen molar-refractivity contribution in [1.29, 1.82) is 0 Å². The number of nitrogens with zero attached hydrogens (tertiary/aromatic N) is 1. The average Bonchev–Trinajstić information content (AvgIpc) is 2.41. The van der Waals surface area contributed by atoms with Crippen molar-refractivity contribution in [1.82, 2.24) is 4.98 Å². The largest absolute Gasteiger partial charge is 0.261 e. The van der Waals surface area contributed by atoms with Crippen LogP contribution in [0.4, 0.5) is 0 Å². The van der Waals surface area contributed by atoms with E-state index in [1.54, 1.807) is 0 Å². The summed E-state index contributed by atoms with van der Waals surface area (Å²) in [5.41, 5.74) is 2.26. The number of rotatable bonds is 3. The molecule has 0 fully saturated rings. The van der Waals surface area contributed by atoms with Gasteiger partial charge in [0.15, 0.2) is 0 Å². The summed E-state index contributed by atoms with van der Waals surface area (Å²) in [6, 6.07) is 12.2. The first-order valence-electron chi connectivity index (χ1n) is 5.59. The van der Waals surface area contributed by atoms with Crippen LogP contribution in [0.5, 0.6) is 0 Å². The molecule has 4 heteroatoms. The predicted octanol–water partition coefficient (Wildman–Crippen LogP) is 5.58. The topological polar surface area (TPSA) is 12.9 Å². The standard InChI is InChI=1S/C14H12BrClIN/c1-9(13-4-2-3-7-18-13)14(15)10-5-6-12(17)11(16)8-10/h2-9,14H,1H3. The third-order valence-electron chi connectivity index (χ3n) is 2.86. The second-order valence-electron chi connectivity index (χ2n) is 4.12. The lowest BCUT2D eigenvalue weighted by Gasteiger charge is -2.18. The fourth-order valence-electron chi connectivity index (χ4n) is 1.77. The van der Waals surface area contributed by atoms with E-state index in [0.717, 1.165) is 14.3 Å². The minimum absolute atomic E-state index is 0.210. The van der Waals surface area contributed by atoms with Crippen LogP contribution in [0, 0.1) is 3.57 Å². The highest BCUT2D eigenvalue weighted by molar-refractivity contribution is 14.1. The first-order chi connectivity index (χ1) is 8.59. The van der Waals surface area contributed by atoms with Gasteiger partial charge in [0.25, 0.3) is 0 Å². The van der Waals surface area contributed by atoms with Gasteiger partial charge in [-0.25, -0.2) is 0 Å². The monoisotopic (exact) mass is 435 g/mol. The highest BCUT2D eigenvalue weighted by Gasteiger charge is 2.19. The summed E-state index contributed by atoms with van der Waals surface area (Å²) in [7, 11) is 0. The van der Waals surface area contributed by atoms with Crippen LogP contribution < -0.4 is 0 Å². The zero-order valence-corrected chi connectivity index (χ0v) is 14.3. The Morgan fingerprint density at radius 3 is 2.67 bits per heavy atom. The first kappa shape index (κ1) is 14.3. The van der Waals surface area contributed by atoms with Crippen LogP contribution in [0.3, 0.4) is 0 Å². The molecule has 94 valence electrons. The number of halogens is 3. The van der Waals surface area contributed by atoms with Crippen molar-refractivity contribution in [3.05, 3.63) is 62.4 Å². The molecule has 0 saturated carbocycles. The van der Waals surface area contributed by atoms with Crippen LogP contribution in [0.1, 0.15) is 28.9 Å². The van der Waals surface area contributed by atoms with Crippen molar-refractivity contribution in [2.24, 2.45) is 0 Å². The zero-order chi connectivity index (χ0) is 13.1. The molecule has 2 atom stereocenters. The van der Waals surface area contributed by atoms with Crippen LogP contribution in [0.2, 0.25) is 5.02 Å². The minimum Gasteiger partial charge on any atom is -0.261 e. The van der Waals surface area contributed by atoms with Crippen molar-refractivity contribution in [3.8, 4) is 0 Å². The van der Waals surface area contributed by atoms with E-state index in [9.17, 15) is 0 Å². The lowest BCUT2D eigenvalue weighted by Crippen LogP contribution is -2.04. The molecular weight excluding hydrogens is 424 g/mol. The fraction of sp³-hybridized carbons (Fsp3) is 0.214. The number of pyridine rings is 1. The van der Waals surface area contributed by atoms with Crippen molar-refractivity contribution in [3.63, 3.8) is 0 Å². The molecule has 0 N–H and O–H groups in total. The number of aromatic nitrogens is 1. The van der Waals surface area contributed by atoms with Gasteiger partial charge in [0.1, 0.15) is 0 Å². The van der Waals surface area contributed by atoms with E-state index in [0.29, 0.717) is 5.92 Å². The molecular formula is C14H12BrClIN. The quantitative estimate of drug-likeness (QED) is 0.452. The van der Waals surface area contributed by atoms with E-state index < -0.39 is 0 Å². The Morgan fingerprint density at radius 1 is 1.28 bits per heavy atom. The van der Waals surface area contributed by atoms with Gasteiger partial charge >= 0.3 is 0 Å². The maximum atomic E-state index is 6.16. The molecule has 0 aliphatic carbocycles. The van der Waals surface area contributed by atoms with E-state index in [1.165, 1.54) is 5.56 Å². The molecule has 1 aromatic carbocycles. The Kier molecular flexibility index (Phi) is 5.04. The third-order valence-corrected chi connectivity index (χ3v) is 5.75. The molecule has 0 aliphatic rings. The molecule has 0 saturated heterocycles. The van der Waals surface area contributed by atoms with Crippen LogP contribution in [-0.4, -0.2) is 4.98 Å². The highest BCUT2D eigenvalue weighted by atomic mass is 127. The van der Waals surface area contributed by atoms with Gasteiger partial charge in [-0.15, -0.1) is 0 Å². The van der Waals surface area contributed by atoms with Crippen LogP contribution in [0.15, 0.2) is 42.6 Å². The molecule has 0 amide bonds. The number of benzene rings is 1. The molecule has 2 unspecified atom stereocenters. The molecule has 2 rings (SSSR count). The summed E-state index contributed by atoms with van der Waals surface area (Å²) in [4.78, 5) is 4.61. The Balaban J connectivity index is 2.25. The third kappa shape index (κ3) is 3.25. The van der Waals surface area contributed by atoms with E-state index in [4.69, 9.17) is 11.6 Å². The normalized spacial score (nSPS) is 14.2.